The highest BCUT2D eigenvalue weighted by molar-refractivity contribution is 5.90. The van der Waals surface area contributed by atoms with Crippen LogP contribution in [0.15, 0.2) is 0 Å². The fourth-order valence-electron chi connectivity index (χ4n) is 1.39. The van der Waals surface area contributed by atoms with Gasteiger partial charge in [-0.25, -0.2) is 0 Å². The van der Waals surface area contributed by atoms with Gasteiger partial charge >= 0.3 is 5.97 Å². The molecule has 0 radical (unpaired) electrons. The summed E-state index contributed by atoms with van der Waals surface area (Å²) in [5.41, 5.74) is -0.693. The van der Waals surface area contributed by atoms with Gasteiger partial charge in [0, 0.05) is 12.0 Å². The van der Waals surface area contributed by atoms with Crippen LogP contribution in [0.25, 0.3) is 0 Å². The summed E-state index contributed by atoms with van der Waals surface area (Å²) in [7, 11) is 0. The fourth-order valence-corrected chi connectivity index (χ4v) is 1.39. The maximum absolute atomic E-state index is 11.9. The Morgan fingerprint density at radius 2 is 1.71 bits per heavy atom. The molecule has 0 aliphatic carbocycles. The first-order valence-electron chi connectivity index (χ1n) is 6.79. The second-order valence-corrected chi connectivity index (χ2v) is 5.65. The van der Waals surface area contributed by atoms with Gasteiger partial charge in [0.25, 0.3) is 0 Å². The summed E-state index contributed by atoms with van der Waals surface area (Å²) in [6.45, 7) is 6.53. The van der Waals surface area contributed by atoms with E-state index in [0.717, 1.165) is 0 Å². The van der Waals surface area contributed by atoms with Crippen LogP contribution in [0.1, 0.15) is 27.7 Å². The van der Waals surface area contributed by atoms with Crippen molar-refractivity contribution in [3.8, 4) is 0 Å². The van der Waals surface area contributed by atoms with E-state index in [1.165, 1.54) is 0 Å². The Morgan fingerprint density at radius 3 is 2.10 bits per heavy atom. The van der Waals surface area contributed by atoms with E-state index in [2.05, 4.69) is 16.0 Å². The summed E-state index contributed by atoms with van der Waals surface area (Å²) < 4.78 is 0. The summed E-state index contributed by atoms with van der Waals surface area (Å²) in [6, 6.07) is -2.02. The molecule has 2 atom stereocenters. The number of aliphatic hydroxyl groups excluding tert-OH is 1. The number of rotatable bonds is 8. The van der Waals surface area contributed by atoms with Gasteiger partial charge in [0.2, 0.25) is 11.8 Å². The van der Waals surface area contributed by atoms with Crippen LogP contribution >= 0.6 is 0 Å². The summed E-state index contributed by atoms with van der Waals surface area (Å²) >= 11 is 0. The maximum Gasteiger partial charge on any atom is 0.322 e. The average Bonchev–Trinajstić information content (AvgIpc) is 2.38. The van der Waals surface area contributed by atoms with E-state index in [4.69, 9.17) is 5.11 Å². The van der Waals surface area contributed by atoms with Crippen molar-refractivity contribution in [2.24, 2.45) is 5.41 Å². The summed E-state index contributed by atoms with van der Waals surface area (Å²) in [4.78, 5) is 34.6. The molecule has 122 valence electrons. The zero-order valence-corrected chi connectivity index (χ0v) is 12.9. The lowest BCUT2D eigenvalue weighted by Gasteiger charge is -2.23. The summed E-state index contributed by atoms with van der Waals surface area (Å²) in [6.07, 6.45) is 0. The predicted octanol–water partition coefficient (Wildman–Crippen LogP) is -1.31. The van der Waals surface area contributed by atoms with Gasteiger partial charge < -0.3 is 26.2 Å². The SMILES string of the molecule is CCN[C@H](CNC(=O)C(CO)NC(=O)C(C)(C)C)C(=O)O. The van der Waals surface area contributed by atoms with E-state index in [1.54, 1.807) is 27.7 Å². The lowest BCUT2D eigenvalue weighted by Crippen LogP contribution is -2.54. The second-order valence-electron chi connectivity index (χ2n) is 5.65. The van der Waals surface area contributed by atoms with Gasteiger partial charge in [-0.15, -0.1) is 0 Å². The molecule has 0 saturated heterocycles. The van der Waals surface area contributed by atoms with E-state index in [0.29, 0.717) is 6.54 Å². The number of carbonyl (C=O) groups excluding carboxylic acids is 2. The lowest BCUT2D eigenvalue weighted by molar-refractivity contribution is -0.139. The Kier molecular flexibility index (Phi) is 7.90. The van der Waals surface area contributed by atoms with Crippen molar-refractivity contribution in [3.63, 3.8) is 0 Å². The number of hydrogen-bond donors (Lipinski definition) is 5. The third kappa shape index (κ3) is 7.05. The van der Waals surface area contributed by atoms with Gasteiger partial charge in [-0.1, -0.05) is 27.7 Å². The van der Waals surface area contributed by atoms with Crippen molar-refractivity contribution < 1.29 is 24.6 Å². The molecule has 0 fully saturated rings. The minimum absolute atomic E-state index is 0.135. The fraction of sp³-hybridized carbons (Fsp3) is 0.769. The Morgan fingerprint density at radius 1 is 1.14 bits per heavy atom. The normalized spacial score (nSPS) is 14.1. The van der Waals surface area contributed by atoms with Crippen LogP contribution in [0.3, 0.4) is 0 Å². The van der Waals surface area contributed by atoms with E-state index >= 15 is 0 Å². The molecule has 0 spiro atoms. The molecule has 0 aromatic heterocycles. The van der Waals surface area contributed by atoms with Gasteiger partial charge in [0.05, 0.1) is 6.61 Å². The Hall–Kier alpha value is -1.67. The quantitative estimate of drug-likeness (QED) is 0.379. The maximum atomic E-state index is 11.9. The number of nitrogens with one attached hydrogen (secondary N) is 3. The number of carbonyl (C=O) groups is 3. The minimum atomic E-state index is -1.10. The highest BCUT2D eigenvalue weighted by Gasteiger charge is 2.27. The molecule has 0 saturated carbocycles. The Bertz CT molecular complexity index is 378. The van der Waals surface area contributed by atoms with Crippen molar-refractivity contribution in [3.05, 3.63) is 0 Å². The van der Waals surface area contributed by atoms with Crippen LogP contribution in [0.5, 0.6) is 0 Å². The van der Waals surface area contributed by atoms with Gasteiger partial charge in [0.1, 0.15) is 12.1 Å². The molecule has 0 heterocycles. The van der Waals surface area contributed by atoms with Crippen LogP contribution < -0.4 is 16.0 Å². The molecule has 0 bridgehead atoms. The van der Waals surface area contributed by atoms with Gasteiger partial charge in [-0.3, -0.25) is 14.4 Å². The molecule has 2 amide bonds. The zero-order chi connectivity index (χ0) is 16.6. The Labute approximate surface area is 124 Å². The van der Waals surface area contributed by atoms with Crippen molar-refractivity contribution in [1.82, 2.24) is 16.0 Å². The van der Waals surface area contributed by atoms with Gasteiger partial charge in [-0.2, -0.15) is 0 Å². The molecule has 8 nitrogen and oxygen atoms in total. The van der Waals surface area contributed by atoms with Crippen LogP contribution in [0.2, 0.25) is 0 Å². The van der Waals surface area contributed by atoms with E-state index in [1.807, 2.05) is 0 Å². The molecule has 0 rings (SSSR count). The van der Waals surface area contributed by atoms with E-state index < -0.39 is 36.0 Å². The molecule has 0 aromatic rings. The number of amides is 2. The molecule has 1 unspecified atom stereocenters. The smallest absolute Gasteiger partial charge is 0.322 e. The predicted molar refractivity (Wildman–Crippen MR) is 76.6 cm³/mol. The molecule has 0 aliphatic rings. The van der Waals surface area contributed by atoms with E-state index in [-0.39, 0.29) is 12.5 Å². The third-order valence-electron chi connectivity index (χ3n) is 2.71. The summed E-state index contributed by atoms with van der Waals surface area (Å²) in [5.74, 6) is -2.09. The molecule has 8 heteroatoms. The highest BCUT2D eigenvalue weighted by Crippen LogP contribution is 2.12. The number of hydrogen-bond acceptors (Lipinski definition) is 5. The monoisotopic (exact) mass is 303 g/mol. The highest BCUT2D eigenvalue weighted by atomic mass is 16.4. The Balaban J connectivity index is 4.53. The number of carboxylic acids is 1. The largest absolute Gasteiger partial charge is 0.480 e. The molecular formula is C13H25N3O5. The third-order valence-corrected chi connectivity index (χ3v) is 2.71. The second kappa shape index (κ2) is 8.58. The van der Waals surface area contributed by atoms with Gasteiger partial charge in [0.15, 0.2) is 0 Å². The van der Waals surface area contributed by atoms with Gasteiger partial charge in [-0.05, 0) is 6.54 Å². The van der Waals surface area contributed by atoms with Crippen LogP contribution in [0, 0.1) is 5.41 Å². The lowest BCUT2D eigenvalue weighted by atomic mass is 9.95. The molecule has 0 aliphatic heterocycles. The van der Waals surface area contributed by atoms with Crippen molar-refractivity contribution in [2.75, 3.05) is 19.7 Å². The molecule has 0 aromatic carbocycles. The zero-order valence-electron chi connectivity index (χ0n) is 12.9. The minimum Gasteiger partial charge on any atom is -0.480 e. The molecular weight excluding hydrogens is 278 g/mol. The summed E-state index contributed by atoms with van der Waals surface area (Å²) in [5, 5.41) is 25.6. The number of carboxylic acid groups (broad SMARTS) is 1. The van der Waals surface area contributed by atoms with Crippen LogP contribution in [-0.4, -0.2) is 59.8 Å². The van der Waals surface area contributed by atoms with Crippen molar-refractivity contribution in [1.29, 1.82) is 0 Å². The molecule has 5 N–H and O–H groups in total. The average molecular weight is 303 g/mol. The van der Waals surface area contributed by atoms with Crippen LogP contribution in [-0.2, 0) is 14.4 Å². The topological polar surface area (TPSA) is 128 Å². The first kappa shape index (κ1) is 19.3. The van der Waals surface area contributed by atoms with Crippen molar-refractivity contribution >= 4 is 17.8 Å². The first-order chi connectivity index (χ1) is 9.63. The number of aliphatic carboxylic acids is 1. The van der Waals surface area contributed by atoms with E-state index in [9.17, 15) is 19.5 Å². The molecule has 21 heavy (non-hydrogen) atoms. The van der Waals surface area contributed by atoms with Crippen LogP contribution in [0.4, 0.5) is 0 Å². The van der Waals surface area contributed by atoms with Crippen molar-refractivity contribution in [2.45, 2.75) is 39.8 Å². The standard InChI is InChI=1S/C13H25N3O5/c1-5-14-8(11(19)20)6-15-10(18)9(7-17)16-12(21)13(2,3)4/h8-9,14,17H,5-7H2,1-4H3,(H,15,18)(H,16,21)(H,19,20)/t8-,9?/m1/s1. The number of likely N-dealkylation sites (N-methyl/N-ethyl adjacent to an activating group) is 1. The first-order valence-corrected chi connectivity index (χ1v) is 6.79. The number of aliphatic hydroxyl groups is 1.